The van der Waals surface area contributed by atoms with Crippen molar-refractivity contribution < 1.29 is 23.5 Å². The lowest BCUT2D eigenvalue weighted by Crippen LogP contribution is -2.44. The Bertz CT molecular complexity index is 534. The molecule has 0 aromatic heterocycles. The number of benzene rings is 1. The number of carbonyl (C=O) groups is 2. The largest absolute Gasteiger partial charge is 0.481 e. The van der Waals surface area contributed by atoms with E-state index in [2.05, 4.69) is 5.32 Å². The number of amides is 1. The fourth-order valence-corrected chi connectivity index (χ4v) is 2.73. The first-order valence-electron chi connectivity index (χ1n) is 6.91. The summed E-state index contributed by atoms with van der Waals surface area (Å²) in [5.74, 6) is -3.29. The first kappa shape index (κ1) is 15.4. The second-order valence-electron chi connectivity index (χ2n) is 5.49. The van der Waals surface area contributed by atoms with Crippen LogP contribution in [-0.4, -0.2) is 23.5 Å². The number of hydrogen-bond donors (Lipinski definition) is 2. The minimum absolute atomic E-state index is 0.0285. The summed E-state index contributed by atoms with van der Waals surface area (Å²) in [5.41, 5.74) is -1.12. The van der Waals surface area contributed by atoms with E-state index in [0.29, 0.717) is 18.9 Å². The Morgan fingerprint density at radius 3 is 2.19 bits per heavy atom. The third-order valence-electron chi connectivity index (χ3n) is 3.98. The third kappa shape index (κ3) is 3.56. The van der Waals surface area contributed by atoms with E-state index in [0.717, 1.165) is 31.4 Å². The fourth-order valence-electron chi connectivity index (χ4n) is 2.73. The van der Waals surface area contributed by atoms with Gasteiger partial charge in [0, 0.05) is 18.2 Å². The fraction of sp³-hybridized carbons (Fsp3) is 0.467. The number of aliphatic carboxylic acids is 1. The molecule has 1 aliphatic carbocycles. The number of nitrogens with one attached hydrogen (secondary N) is 1. The summed E-state index contributed by atoms with van der Waals surface area (Å²) >= 11 is 0. The molecule has 1 aliphatic rings. The van der Waals surface area contributed by atoms with E-state index < -0.39 is 28.9 Å². The number of carbonyl (C=O) groups excluding carboxylic acids is 1. The molecule has 0 bridgehead atoms. The zero-order valence-corrected chi connectivity index (χ0v) is 11.5. The summed E-state index contributed by atoms with van der Waals surface area (Å²) in [6.45, 7) is -0.0285. The second kappa shape index (κ2) is 6.20. The summed E-state index contributed by atoms with van der Waals surface area (Å²) in [4.78, 5) is 23.4. The molecular weight excluding hydrogens is 280 g/mol. The molecule has 0 saturated heterocycles. The predicted molar refractivity (Wildman–Crippen MR) is 71.8 cm³/mol. The van der Waals surface area contributed by atoms with Crippen LogP contribution in [-0.2, 0) is 4.79 Å². The molecule has 1 aromatic rings. The molecule has 1 saturated carbocycles. The van der Waals surface area contributed by atoms with Gasteiger partial charge in [-0.25, -0.2) is 8.78 Å². The molecule has 21 heavy (non-hydrogen) atoms. The number of rotatable bonds is 4. The molecule has 4 nitrogen and oxygen atoms in total. The Balaban J connectivity index is 2.06. The molecule has 6 heteroatoms. The Morgan fingerprint density at radius 2 is 1.67 bits per heavy atom. The summed E-state index contributed by atoms with van der Waals surface area (Å²) < 4.78 is 26.1. The van der Waals surface area contributed by atoms with Gasteiger partial charge in [-0.05, 0) is 25.0 Å². The summed E-state index contributed by atoms with van der Waals surface area (Å²) in [7, 11) is 0. The molecule has 0 unspecified atom stereocenters. The summed E-state index contributed by atoms with van der Waals surface area (Å²) in [6, 6.07) is 2.52. The van der Waals surface area contributed by atoms with Gasteiger partial charge in [0.05, 0.1) is 5.41 Å². The van der Waals surface area contributed by atoms with Gasteiger partial charge in [0.1, 0.15) is 11.6 Å². The lowest BCUT2D eigenvalue weighted by atomic mass is 9.74. The SMILES string of the molecule is O=C(NCC1(C(=O)O)CCCCC1)c1cc(F)cc(F)c1. The van der Waals surface area contributed by atoms with E-state index >= 15 is 0 Å². The second-order valence-corrected chi connectivity index (χ2v) is 5.49. The highest BCUT2D eigenvalue weighted by atomic mass is 19.1. The quantitative estimate of drug-likeness (QED) is 0.898. The third-order valence-corrected chi connectivity index (χ3v) is 3.98. The minimum Gasteiger partial charge on any atom is -0.481 e. The van der Waals surface area contributed by atoms with E-state index in [4.69, 9.17) is 0 Å². The predicted octanol–water partition coefficient (Wildman–Crippen LogP) is 2.73. The van der Waals surface area contributed by atoms with Crippen LogP contribution >= 0.6 is 0 Å². The zero-order chi connectivity index (χ0) is 15.5. The van der Waals surface area contributed by atoms with E-state index in [-0.39, 0.29) is 12.1 Å². The van der Waals surface area contributed by atoms with E-state index in [1.807, 2.05) is 0 Å². The standard InChI is InChI=1S/C15H17F2NO3/c16-11-6-10(7-12(17)8-11)13(19)18-9-15(14(20)21)4-2-1-3-5-15/h6-8H,1-5,9H2,(H,18,19)(H,20,21). The molecule has 0 heterocycles. The number of carboxylic acid groups (broad SMARTS) is 1. The van der Waals surface area contributed by atoms with Crippen LogP contribution in [0.1, 0.15) is 42.5 Å². The molecule has 1 aromatic carbocycles. The van der Waals surface area contributed by atoms with Gasteiger partial charge >= 0.3 is 5.97 Å². The Hall–Kier alpha value is -1.98. The Morgan fingerprint density at radius 1 is 1.10 bits per heavy atom. The number of carboxylic acids is 1. The van der Waals surface area contributed by atoms with Crippen molar-refractivity contribution in [1.82, 2.24) is 5.32 Å². The zero-order valence-electron chi connectivity index (χ0n) is 11.5. The maximum absolute atomic E-state index is 13.1. The monoisotopic (exact) mass is 297 g/mol. The van der Waals surface area contributed by atoms with Crippen LogP contribution in [0.3, 0.4) is 0 Å². The molecule has 0 spiro atoms. The van der Waals surface area contributed by atoms with Crippen molar-refractivity contribution in [2.75, 3.05) is 6.54 Å². The normalized spacial score (nSPS) is 17.2. The van der Waals surface area contributed by atoms with Gasteiger partial charge in [-0.1, -0.05) is 19.3 Å². The molecular formula is C15H17F2NO3. The summed E-state index contributed by atoms with van der Waals surface area (Å²) in [5, 5.41) is 11.9. The average Bonchev–Trinajstić information content (AvgIpc) is 2.44. The maximum atomic E-state index is 13.1. The van der Waals surface area contributed by atoms with Gasteiger partial charge < -0.3 is 10.4 Å². The van der Waals surface area contributed by atoms with Crippen LogP contribution in [0.5, 0.6) is 0 Å². The van der Waals surface area contributed by atoms with Crippen molar-refractivity contribution in [2.45, 2.75) is 32.1 Å². The number of hydrogen-bond acceptors (Lipinski definition) is 2. The van der Waals surface area contributed by atoms with Crippen molar-refractivity contribution >= 4 is 11.9 Å². The lowest BCUT2D eigenvalue weighted by Gasteiger charge is -2.33. The van der Waals surface area contributed by atoms with Gasteiger partial charge in [-0.2, -0.15) is 0 Å². The van der Waals surface area contributed by atoms with Crippen LogP contribution < -0.4 is 5.32 Å². The van der Waals surface area contributed by atoms with Crippen LogP contribution in [0.4, 0.5) is 8.78 Å². The molecule has 114 valence electrons. The Labute approximate surface area is 121 Å². The topological polar surface area (TPSA) is 66.4 Å². The minimum atomic E-state index is -0.972. The van der Waals surface area contributed by atoms with Crippen LogP contribution in [0.25, 0.3) is 0 Å². The maximum Gasteiger partial charge on any atom is 0.311 e. The molecule has 0 aliphatic heterocycles. The Kier molecular flexibility index (Phi) is 4.55. The smallest absolute Gasteiger partial charge is 0.311 e. The molecule has 2 N–H and O–H groups in total. The molecule has 0 radical (unpaired) electrons. The van der Waals surface area contributed by atoms with Crippen molar-refractivity contribution in [1.29, 1.82) is 0 Å². The van der Waals surface area contributed by atoms with Crippen LogP contribution in [0, 0.1) is 17.0 Å². The highest BCUT2D eigenvalue weighted by Crippen LogP contribution is 2.36. The highest BCUT2D eigenvalue weighted by Gasteiger charge is 2.39. The van der Waals surface area contributed by atoms with Crippen LogP contribution in [0.2, 0.25) is 0 Å². The molecule has 1 fully saturated rings. The van der Waals surface area contributed by atoms with Crippen molar-refractivity contribution in [2.24, 2.45) is 5.41 Å². The van der Waals surface area contributed by atoms with Crippen LogP contribution in [0.15, 0.2) is 18.2 Å². The van der Waals surface area contributed by atoms with Crippen molar-refractivity contribution in [3.63, 3.8) is 0 Å². The van der Waals surface area contributed by atoms with Gasteiger partial charge in [-0.3, -0.25) is 9.59 Å². The lowest BCUT2D eigenvalue weighted by molar-refractivity contribution is -0.150. The van der Waals surface area contributed by atoms with E-state index in [1.54, 1.807) is 0 Å². The van der Waals surface area contributed by atoms with Gasteiger partial charge in [-0.15, -0.1) is 0 Å². The van der Waals surface area contributed by atoms with Gasteiger partial charge in [0.15, 0.2) is 0 Å². The average molecular weight is 297 g/mol. The molecule has 2 rings (SSSR count). The number of halogens is 2. The molecule has 0 atom stereocenters. The summed E-state index contributed by atoms with van der Waals surface area (Å²) in [6.07, 6.45) is 3.59. The molecule has 1 amide bonds. The first-order valence-corrected chi connectivity index (χ1v) is 6.91. The van der Waals surface area contributed by atoms with Gasteiger partial charge in [0.25, 0.3) is 5.91 Å². The van der Waals surface area contributed by atoms with E-state index in [9.17, 15) is 23.5 Å². The van der Waals surface area contributed by atoms with Crippen molar-refractivity contribution in [3.05, 3.63) is 35.4 Å². The highest BCUT2D eigenvalue weighted by molar-refractivity contribution is 5.94. The van der Waals surface area contributed by atoms with E-state index in [1.165, 1.54) is 0 Å². The first-order chi connectivity index (χ1) is 9.93. The van der Waals surface area contributed by atoms with Gasteiger partial charge in [0.2, 0.25) is 0 Å². The van der Waals surface area contributed by atoms with Crippen molar-refractivity contribution in [3.8, 4) is 0 Å².